The standard InChI is InChI=1S/C31H41NO15/c1-3-13-15-7-17-14-8-18(34)19(42-2)6-12(14)4-5-32(17)28(41)16(15)10-43-29(13)47-31-27(40)25(38)23(36)21(46-31)11-44-30-26(39)24(37)22(35)20(9-33)45-30/h3,6,8,10,13,15,17,20-27,29-31,33-40H,1,4-5,7,9,11H2,2H3/t13-,15-,17+,20+,21+,22+,23+,24-,25-,26+,27+,29-,30-,31-/m0/s1. The second-order valence-corrected chi connectivity index (χ2v) is 12.4. The largest absolute Gasteiger partial charge is 0.504 e. The predicted octanol–water partition coefficient (Wildman–Crippen LogP) is -2.47. The average molecular weight is 668 g/mol. The maximum atomic E-state index is 13.7. The molecule has 260 valence electrons. The van der Waals surface area contributed by atoms with Gasteiger partial charge in [-0.2, -0.15) is 0 Å². The van der Waals surface area contributed by atoms with Crippen molar-refractivity contribution in [3.63, 3.8) is 0 Å². The van der Waals surface area contributed by atoms with Gasteiger partial charge in [-0.1, -0.05) is 6.08 Å². The molecule has 5 heterocycles. The molecule has 1 aromatic carbocycles. The minimum Gasteiger partial charge on any atom is -0.504 e. The summed E-state index contributed by atoms with van der Waals surface area (Å²) < 4.78 is 33.7. The van der Waals surface area contributed by atoms with Crippen molar-refractivity contribution in [1.29, 1.82) is 0 Å². The first-order valence-corrected chi connectivity index (χ1v) is 15.4. The number of aliphatic hydroxyl groups excluding tert-OH is 7. The molecule has 1 amide bonds. The Morgan fingerprint density at radius 1 is 0.957 bits per heavy atom. The number of carbonyl (C=O) groups excluding carboxylic acids is 1. The molecule has 1 aromatic rings. The number of methoxy groups -OCH3 is 1. The zero-order chi connectivity index (χ0) is 33.7. The van der Waals surface area contributed by atoms with Crippen LogP contribution in [0.25, 0.3) is 0 Å². The number of nitrogens with zero attached hydrogens (tertiary/aromatic N) is 1. The van der Waals surface area contributed by atoms with Crippen LogP contribution in [0.2, 0.25) is 0 Å². The molecular formula is C31H41NO15. The van der Waals surface area contributed by atoms with Gasteiger partial charge >= 0.3 is 0 Å². The van der Waals surface area contributed by atoms with Crippen molar-refractivity contribution in [2.75, 3.05) is 26.9 Å². The van der Waals surface area contributed by atoms with Crippen LogP contribution in [0.1, 0.15) is 23.6 Å². The lowest BCUT2D eigenvalue weighted by Gasteiger charge is -2.49. The Hall–Kier alpha value is -2.87. The summed E-state index contributed by atoms with van der Waals surface area (Å²) in [6.45, 7) is 3.18. The Morgan fingerprint density at radius 2 is 1.64 bits per heavy atom. The lowest BCUT2D eigenvalue weighted by atomic mass is 9.73. The number of benzene rings is 1. The summed E-state index contributed by atoms with van der Waals surface area (Å²) in [6, 6.07) is 3.04. The van der Waals surface area contributed by atoms with E-state index >= 15 is 0 Å². The number of ether oxygens (including phenoxy) is 6. The molecule has 5 aliphatic rings. The fourth-order valence-electron chi connectivity index (χ4n) is 7.09. The van der Waals surface area contributed by atoms with E-state index in [1.54, 1.807) is 23.1 Å². The molecule has 16 nitrogen and oxygen atoms in total. The highest BCUT2D eigenvalue weighted by molar-refractivity contribution is 5.95. The SMILES string of the molecule is C=C[C@@H]1[C@H](O[C@@H]2O[C@H](CO[C@H]3O[C@H](CO)[C@@H](O)[C@H](O)[C@H]3O)[C@@H](O)[C@H](O)[C@H]2O)OC=C2C(=O)N3CCc4cc(OC)c(O)cc4[C@H]3C[C@H]21. The first kappa shape index (κ1) is 34.0. The van der Waals surface area contributed by atoms with Crippen LogP contribution in [0.5, 0.6) is 11.5 Å². The number of phenolic OH excluding ortho intramolecular Hbond substituents is 1. The van der Waals surface area contributed by atoms with Gasteiger partial charge in [-0.05, 0) is 36.1 Å². The van der Waals surface area contributed by atoms with E-state index in [2.05, 4.69) is 6.58 Å². The molecule has 47 heavy (non-hydrogen) atoms. The van der Waals surface area contributed by atoms with Crippen LogP contribution in [0, 0.1) is 11.8 Å². The van der Waals surface area contributed by atoms with Gasteiger partial charge in [0, 0.05) is 18.4 Å². The molecule has 0 aromatic heterocycles. The molecule has 3 saturated heterocycles. The highest BCUT2D eigenvalue weighted by Gasteiger charge is 2.51. The van der Waals surface area contributed by atoms with E-state index in [9.17, 15) is 45.6 Å². The molecular weight excluding hydrogens is 626 g/mol. The summed E-state index contributed by atoms with van der Waals surface area (Å²) in [5.41, 5.74) is 2.18. The van der Waals surface area contributed by atoms with E-state index < -0.39 is 92.8 Å². The highest BCUT2D eigenvalue weighted by atomic mass is 16.8. The van der Waals surface area contributed by atoms with E-state index in [-0.39, 0.29) is 17.7 Å². The Labute approximate surface area is 269 Å². The molecule has 6 rings (SSSR count). The van der Waals surface area contributed by atoms with Crippen LogP contribution in [0.3, 0.4) is 0 Å². The van der Waals surface area contributed by atoms with Gasteiger partial charge in [-0.15, -0.1) is 6.58 Å². The van der Waals surface area contributed by atoms with Gasteiger partial charge < -0.3 is 74.2 Å². The molecule has 0 aliphatic carbocycles. The summed E-state index contributed by atoms with van der Waals surface area (Å²) in [5.74, 6) is -0.975. The van der Waals surface area contributed by atoms with Crippen molar-refractivity contribution in [3.05, 3.63) is 47.7 Å². The second kappa shape index (κ2) is 13.6. The van der Waals surface area contributed by atoms with Gasteiger partial charge in [0.2, 0.25) is 6.29 Å². The van der Waals surface area contributed by atoms with E-state index in [0.29, 0.717) is 30.7 Å². The van der Waals surface area contributed by atoms with Gasteiger partial charge in [0.15, 0.2) is 24.1 Å². The Kier molecular flexibility index (Phi) is 9.81. The zero-order valence-electron chi connectivity index (χ0n) is 25.5. The summed E-state index contributed by atoms with van der Waals surface area (Å²) in [5, 5.41) is 82.3. The lowest BCUT2D eigenvalue weighted by molar-refractivity contribution is -0.352. The van der Waals surface area contributed by atoms with Crippen LogP contribution in [-0.2, 0) is 34.9 Å². The van der Waals surface area contributed by atoms with E-state index in [1.165, 1.54) is 13.4 Å². The highest BCUT2D eigenvalue weighted by Crippen LogP contribution is 2.49. The van der Waals surface area contributed by atoms with Crippen LogP contribution < -0.4 is 4.74 Å². The molecule has 14 atom stereocenters. The van der Waals surface area contributed by atoms with Gasteiger partial charge in [0.25, 0.3) is 5.91 Å². The normalized spacial score (nSPS) is 41.6. The maximum absolute atomic E-state index is 13.7. The third-order valence-corrected chi connectivity index (χ3v) is 9.77. The Bertz CT molecular complexity index is 1360. The zero-order valence-corrected chi connectivity index (χ0v) is 25.5. The topological polar surface area (TPSA) is 238 Å². The molecule has 0 bridgehead atoms. The predicted molar refractivity (Wildman–Crippen MR) is 155 cm³/mol. The van der Waals surface area contributed by atoms with Crippen LogP contribution in [0.4, 0.5) is 0 Å². The minimum absolute atomic E-state index is 0.0374. The summed E-state index contributed by atoms with van der Waals surface area (Å²) in [6.07, 6.45) is -13.1. The van der Waals surface area contributed by atoms with Crippen molar-refractivity contribution in [2.45, 2.75) is 86.6 Å². The minimum atomic E-state index is -1.76. The molecule has 3 fully saturated rings. The smallest absolute Gasteiger partial charge is 0.253 e. The number of hydrogen-bond acceptors (Lipinski definition) is 15. The van der Waals surface area contributed by atoms with Gasteiger partial charge in [-0.25, -0.2) is 0 Å². The van der Waals surface area contributed by atoms with E-state index in [1.807, 2.05) is 0 Å². The van der Waals surface area contributed by atoms with Gasteiger partial charge in [0.1, 0.15) is 48.8 Å². The van der Waals surface area contributed by atoms with E-state index in [0.717, 1.165) is 11.1 Å². The average Bonchev–Trinajstić information content (AvgIpc) is 3.07. The number of hydrogen-bond donors (Lipinski definition) is 8. The fraction of sp³-hybridized carbons (Fsp3) is 0.645. The van der Waals surface area contributed by atoms with Crippen molar-refractivity contribution in [2.24, 2.45) is 11.8 Å². The number of fused-ring (bicyclic) bond motifs is 4. The number of aliphatic hydroxyl groups is 7. The number of aromatic hydroxyl groups is 1. The van der Waals surface area contributed by atoms with Crippen LogP contribution in [0.15, 0.2) is 36.6 Å². The van der Waals surface area contributed by atoms with Crippen LogP contribution >= 0.6 is 0 Å². The second-order valence-electron chi connectivity index (χ2n) is 12.4. The van der Waals surface area contributed by atoms with Crippen molar-refractivity contribution in [3.8, 4) is 11.5 Å². The van der Waals surface area contributed by atoms with E-state index in [4.69, 9.17) is 28.4 Å². The number of rotatable bonds is 8. The first-order valence-electron chi connectivity index (χ1n) is 15.4. The van der Waals surface area contributed by atoms with Gasteiger partial charge in [-0.3, -0.25) is 4.79 Å². The molecule has 16 heteroatoms. The third kappa shape index (κ3) is 6.02. The molecule has 0 spiro atoms. The quantitative estimate of drug-likeness (QED) is 0.134. The molecule has 8 N–H and O–H groups in total. The van der Waals surface area contributed by atoms with Gasteiger partial charge in [0.05, 0.1) is 38.2 Å². The summed E-state index contributed by atoms with van der Waals surface area (Å²) in [7, 11) is 1.47. The number of carbonyl (C=O) groups is 1. The monoisotopic (exact) mass is 667 g/mol. The first-order chi connectivity index (χ1) is 22.5. The maximum Gasteiger partial charge on any atom is 0.253 e. The lowest BCUT2D eigenvalue weighted by Crippen LogP contribution is -2.62. The Balaban J connectivity index is 1.17. The summed E-state index contributed by atoms with van der Waals surface area (Å²) >= 11 is 0. The molecule has 0 radical (unpaired) electrons. The number of amides is 1. The molecule has 5 aliphatic heterocycles. The number of piperidine rings is 1. The third-order valence-electron chi connectivity index (χ3n) is 9.77. The number of phenols is 1. The van der Waals surface area contributed by atoms with Crippen molar-refractivity contribution >= 4 is 5.91 Å². The summed E-state index contributed by atoms with van der Waals surface area (Å²) in [4.78, 5) is 15.4. The molecule has 0 unspecified atom stereocenters. The van der Waals surface area contributed by atoms with Crippen LogP contribution in [-0.4, -0.2) is 146 Å². The molecule has 0 saturated carbocycles. The van der Waals surface area contributed by atoms with Crippen molar-refractivity contribution in [1.82, 2.24) is 4.90 Å². The fourth-order valence-corrected chi connectivity index (χ4v) is 7.09. The van der Waals surface area contributed by atoms with Crippen molar-refractivity contribution < 1.29 is 74.1 Å². The Morgan fingerprint density at radius 3 is 2.32 bits per heavy atom.